The second kappa shape index (κ2) is 12.8. The lowest BCUT2D eigenvalue weighted by Gasteiger charge is -2.25. The van der Waals surface area contributed by atoms with Crippen molar-refractivity contribution in [1.82, 2.24) is 5.32 Å². The lowest BCUT2D eigenvalue weighted by Crippen LogP contribution is -2.38. The summed E-state index contributed by atoms with van der Waals surface area (Å²) in [5, 5.41) is 5.56. The van der Waals surface area contributed by atoms with E-state index in [9.17, 15) is 18.0 Å². The van der Waals surface area contributed by atoms with Crippen LogP contribution in [0.2, 0.25) is 0 Å². The molecule has 0 unspecified atom stereocenters. The average Bonchev–Trinajstić information content (AvgIpc) is 3.48. The van der Waals surface area contributed by atoms with Gasteiger partial charge in [-0.15, -0.1) is 0 Å². The molecule has 1 aliphatic rings. The van der Waals surface area contributed by atoms with E-state index in [1.54, 1.807) is 42.5 Å². The SMILES string of the molecule is COc1ccc(N(CC(=O)Nc2ccccc2C(=O)NC[C@H]2CCCO2)S(=O)(=O)c2ccc(C)cc2)cc1OC. The lowest BCUT2D eigenvalue weighted by atomic mass is 10.1. The summed E-state index contributed by atoms with van der Waals surface area (Å²) in [5.74, 6) is -0.288. The number of anilines is 2. The van der Waals surface area contributed by atoms with Gasteiger partial charge in [0.15, 0.2) is 11.5 Å². The van der Waals surface area contributed by atoms with Gasteiger partial charge in [-0.1, -0.05) is 29.8 Å². The fourth-order valence-corrected chi connectivity index (χ4v) is 5.76. The molecule has 1 saturated heterocycles. The summed E-state index contributed by atoms with van der Waals surface area (Å²) in [6, 6.07) is 17.5. The Kier molecular flexibility index (Phi) is 9.28. The molecule has 11 heteroatoms. The summed E-state index contributed by atoms with van der Waals surface area (Å²) in [7, 11) is -1.25. The minimum Gasteiger partial charge on any atom is -0.493 e. The number of carbonyl (C=O) groups excluding carboxylic acids is 2. The van der Waals surface area contributed by atoms with Crippen molar-refractivity contribution in [1.29, 1.82) is 0 Å². The first-order valence-corrected chi connectivity index (χ1v) is 14.3. The van der Waals surface area contributed by atoms with Gasteiger partial charge in [-0.3, -0.25) is 13.9 Å². The predicted molar refractivity (Wildman–Crippen MR) is 152 cm³/mol. The van der Waals surface area contributed by atoms with Gasteiger partial charge in [0, 0.05) is 19.2 Å². The minimum atomic E-state index is -4.16. The molecule has 212 valence electrons. The molecule has 40 heavy (non-hydrogen) atoms. The Morgan fingerprint density at radius 3 is 2.40 bits per heavy atom. The van der Waals surface area contributed by atoms with Gasteiger partial charge in [-0.2, -0.15) is 0 Å². The second-order valence-corrected chi connectivity index (χ2v) is 11.2. The standard InChI is InChI=1S/C29H33N3O7S/c1-20-10-13-23(14-11-20)40(35,36)32(21-12-15-26(37-2)27(17-21)38-3)19-28(33)31-25-9-5-4-8-24(25)29(34)30-18-22-7-6-16-39-22/h4-5,8-15,17,22H,6-7,16,18-19H2,1-3H3,(H,30,34)(H,31,33)/t22-/m1/s1. The highest BCUT2D eigenvalue weighted by Crippen LogP contribution is 2.34. The maximum Gasteiger partial charge on any atom is 0.264 e. The van der Waals surface area contributed by atoms with Crippen LogP contribution in [0.4, 0.5) is 11.4 Å². The van der Waals surface area contributed by atoms with Crippen molar-refractivity contribution in [2.45, 2.75) is 30.8 Å². The number of nitrogens with one attached hydrogen (secondary N) is 2. The minimum absolute atomic E-state index is 0.0228. The molecular formula is C29H33N3O7S. The molecule has 0 saturated carbocycles. The third kappa shape index (κ3) is 6.72. The van der Waals surface area contributed by atoms with Gasteiger partial charge in [0.1, 0.15) is 6.54 Å². The van der Waals surface area contributed by atoms with Crippen molar-refractivity contribution in [3.63, 3.8) is 0 Å². The van der Waals surface area contributed by atoms with Crippen LogP contribution in [0.3, 0.4) is 0 Å². The van der Waals surface area contributed by atoms with Crippen LogP contribution in [-0.2, 0) is 19.6 Å². The van der Waals surface area contributed by atoms with Gasteiger partial charge in [-0.05, 0) is 56.2 Å². The number of para-hydroxylation sites is 1. The zero-order valence-electron chi connectivity index (χ0n) is 22.7. The van der Waals surface area contributed by atoms with Gasteiger partial charge in [0.25, 0.3) is 15.9 Å². The maximum absolute atomic E-state index is 13.8. The van der Waals surface area contributed by atoms with E-state index in [0.29, 0.717) is 24.7 Å². The van der Waals surface area contributed by atoms with E-state index in [4.69, 9.17) is 14.2 Å². The third-order valence-electron chi connectivity index (χ3n) is 6.51. The van der Waals surface area contributed by atoms with Crippen molar-refractivity contribution < 1.29 is 32.2 Å². The summed E-state index contributed by atoms with van der Waals surface area (Å²) in [4.78, 5) is 26.2. The van der Waals surface area contributed by atoms with Crippen molar-refractivity contribution in [2.75, 3.05) is 43.5 Å². The number of aryl methyl sites for hydroxylation is 1. The van der Waals surface area contributed by atoms with Crippen LogP contribution < -0.4 is 24.4 Å². The number of hydrogen-bond acceptors (Lipinski definition) is 7. The number of methoxy groups -OCH3 is 2. The maximum atomic E-state index is 13.8. The van der Waals surface area contributed by atoms with Crippen molar-refractivity contribution >= 4 is 33.2 Å². The number of hydrogen-bond donors (Lipinski definition) is 2. The molecule has 1 heterocycles. The van der Waals surface area contributed by atoms with E-state index in [0.717, 1.165) is 22.7 Å². The topological polar surface area (TPSA) is 123 Å². The summed E-state index contributed by atoms with van der Waals surface area (Å²) in [5.41, 5.74) is 1.62. The molecule has 3 aromatic carbocycles. The fourth-order valence-electron chi connectivity index (χ4n) is 4.35. The average molecular weight is 568 g/mol. The fraction of sp³-hybridized carbons (Fsp3) is 0.310. The van der Waals surface area contributed by atoms with Crippen LogP contribution in [0.25, 0.3) is 0 Å². The number of amides is 2. The Morgan fingerprint density at radius 2 is 1.73 bits per heavy atom. The summed E-state index contributed by atoms with van der Waals surface area (Å²) in [6.45, 7) is 2.33. The summed E-state index contributed by atoms with van der Waals surface area (Å²) in [6.07, 6.45) is 1.79. The molecule has 3 aromatic rings. The molecule has 2 N–H and O–H groups in total. The number of benzene rings is 3. The van der Waals surface area contributed by atoms with Gasteiger partial charge in [-0.25, -0.2) is 8.42 Å². The molecule has 0 spiro atoms. The number of carbonyl (C=O) groups is 2. The van der Waals surface area contributed by atoms with Crippen LogP contribution in [0.1, 0.15) is 28.8 Å². The first-order valence-electron chi connectivity index (χ1n) is 12.8. The monoisotopic (exact) mass is 567 g/mol. The van der Waals surface area contributed by atoms with Crippen LogP contribution in [-0.4, -0.2) is 60.3 Å². The molecule has 1 atom stereocenters. The van der Waals surface area contributed by atoms with Crippen molar-refractivity contribution in [3.8, 4) is 11.5 Å². The van der Waals surface area contributed by atoms with Gasteiger partial charge in [0.05, 0.1) is 42.2 Å². The summed E-state index contributed by atoms with van der Waals surface area (Å²) < 4.78 is 44.7. The Hall–Kier alpha value is -4.09. The quantitative estimate of drug-likeness (QED) is 0.362. The van der Waals surface area contributed by atoms with Crippen molar-refractivity contribution in [2.24, 2.45) is 0 Å². The Labute approximate surface area is 234 Å². The molecular weight excluding hydrogens is 534 g/mol. The zero-order chi connectivity index (χ0) is 28.7. The van der Waals surface area contributed by atoms with E-state index in [1.165, 1.54) is 38.5 Å². The first-order chi connectivity index (χ1) is 19.2. The highest BCUT2D eigenvalue weighted by Gasteiger charge is 2.29. The second-order valence-electron chi connectivity index (χ2n) is 9.30. The van der Waals surface area contributed by atoms with Crippen molar-refractivity contribution in [3.05, 3.63) is 77.9 Å². The predicted octanol–water partition coefficient (Wildman–Crippen LogP) is 3.76. The normalized spacial score (nSPS) is 14.8. The number of sulfonamides is 1. The van der Waals surface area contributed by atoms with Crippen LogP contribution in [0.15, 0.2) is 71.6 Å². The largest absolute Gasteiger partial charge is 0.493 e. The number of rotatable bonds is 11. The highest BCUT2D eigenvalue weighted by molar-refractivity contribution is 7.92. The van der Waals surface area contributed by atoms with E-state index in [1.807, 2.05) is 6.92 Å². The van der Waals surface area contributed by atoms with Crippen LogP contribution in [0.5, 0.6) is 11.5 Å². The molecule has 0 aromatic heterocycles. The Morgan fingerprint density at radius 1 is 1.00 bits per heavy atom. The van der Waals surface area contributed by atoms with Crippen LogP contribution >= 0.6 is 0 Å². The van der Waals surface area contributed by atoms with E-state index < -0.39 is 22.5 Å². The number of ether oxygens (including phenoxy) is 3. The smallest absolute Gasteiger partial charge is 0.264 e. The molecule has 0 bridgehead atoms. The zero-order valence-corrected chi connectivity index (χ0v) is 23.5. The molecule has 1 fully saturated rings. The lowest BCUT2D eigenvalue weighted by molar-refractivity contribution is -0.114. The van der Waals surface area contributed by atoms with E-state index in [-0.39, 0.29) is 33.8 Å². The van der Waals surface area contributed by atoms with Gasteiger partial charge in [0.2, 0.25) is 5.91 Å². The molecule has 4 rings (SSSR count). The van der Waals surface area contributed by atoms with E-state index in [2.05, 4.69) is 10.6 Å². The van der Waals surface area contributed by atoms with Gasteiger partial charge < -0.3 is 24.8 Å². The van der Waals surface area contributed by atoms with Crippen LogP contribution in [0, 0.1) is 6.92 Å². The Balaban J connectivity index is 1.60. The Bertz CT molecular complexity index is 1450. The molecule has 0 radical (unpaired) electrons. The molecule has 10 nitrogen and oxygen atoms in total. The molecule has 2 amide bonds. The van der Waals surface area contributed by atoms with Gasteiger partial charge >= 0.3 is 0 Å². The summed E-state index contributed by atoms with van der Waals surface area (Å²) >= 11 is 0. The number of nitrogens with zero attached hydrogens (tertiary/aromatic N) is 1. The highest BCUT2D eigenvalue weighted by atomic mass is 32.2. The molecule has 1 aliphatic heterocycles. The molecule has 0 aliphatic carbocycles. The third-order valence-corrected chi connectivity index (χ3v) is 8.30. The first kappa shape index (κ1) is 28.9. The van der Waals surface area contributed by atoms with E-state index >= 15 is 0 Å².